The second kappa shape index (κ2) is 8.48. The molecule has 4 rings (SSSR count). The summed E-state index contributed by atoms with van der Waals surface area (Å²) in [7, 11) is 0. The van der Waals surface area contributed by atoms with E-state index < -0.39 is 0 Å². The Morgan fingerprint density at radius 2 is 1.50 bits per heavy atom. The standard InChI is InChI=1S/C23H21NO4/c25-24-19-11-21-22(27-15-18-9-5-2-6-10-18)12-20(13-23(21)28-16-19)26-14-17-7-3-1-4-8-17/h1-10,12-13,25H,11,14-16H2/b24-19-. The summed E-state index contributed by atoms with van der Waals surface area (Å²) in [5.41, 5.74) is 3.58. The van der Waals surface area contributed by atoms with E-state index in [1.165, 1.54) is 0 Å². The normalized spacial score (nSPS) is 14.2. The lowest BCUT2D eigenvalue weighted by Gasteiger charge is -2.22. The van der Waals surface area contributed by atoms with Crippen LogP contribution in [-0.2, 0) is 19.6 Å². The van der Waals surface area contributed by atoms with Gasteiger partial charge in [-0.15, -0.1) is 0 Å². The van der Waals surface area contributed by atoms with Gasteiger partial charge in [0.1, 0.15) is 37.1 Å². The van der Waals surface area contributed by atoms with E-state index in [-0.39, 0.29) is 6.61 Å². The molecule has 1 aliphatic heterocycles. The van der Waals surface area contributed by atoms with Gasteiger partial charge in [0.15, 0.2) is 0 Å². The number of ether oxygens (including phenoxy) is 3. The van der Waals surface area contributed by atoms with Crippen LogP contribution in [0.15, 0.2) is 78.0 Å². The van der Waals surface area contributed by atoms with Crippen LogP contribution in [0, 0.1) is 0 Å². The summed E-state index contributed by atoms with van der Waals surface area (Å²) in [6.45, 7) is 1.14. The molecule has 0 radical (unpaired) electrons. The van der Waals surface area contributed by atoms with Crippen molar-refractivity contribution in [2.24, 2.45) is 5.16 Å². The topological polar surface area (TPSA) is 60.3 Å². The van der Waals surface area contributed by atoms with Crippen molar-refractivity contribution >= 4 is 5.71 Å². The average molecular weight is 375 g/mol. The number of rotatable bonds is 6. The van der Waals surface area contributed by atoms with Crippen molar-refractivity contribution in [1.82, 2.24) is 0 Å². The molecule has 1 heterocycles. The largest absolute Gasteiger partial charge is 0.489 e. The van der Waals surface area contributed by atoms with E-state index in [0.29, 0.717) is 42.6 Å². The molecule has 5 nitrogen and oxygen atoms in total. The van der Waals surface area contributed by atoms with Crippen LogP contribution in [0.3, 0.4) is 0 Å². The van der Waals surface area contributed by atoms with Gasteiger partial charge in [0, 0.05) is 24.1 Å². The maximum atomic E-state index is 9.12. The van der Waals surface area contributed by atoms with Crippen LogP contribution in [-0.4, -0.2) is 17.5 Å². The van der Waals surface area contributed by atoms with Crippen LogP contribution in [0.2, 0.25) is 0 Å². The SMILES string of the molecule is O/N=C1\COc2cc(OCc3ccccc3)cc(OCc3ccccc3)c2C1. The molecule has 0 atom stereocenters. The van der Waals surface area contributed by atoms with Gasteiger partial charge in [-0.25, -0.2) is 0 Å². The number of oxime groups is 1. The third kappa shape index (κ3) is 4.26. The zero-order valence-corrected chi connectivity index (χ0v) is 15.4. The molecule has 0 bridgehead atoms. The molecule has 0 fully saturated rings. The third-order valence-electron chi connectivity index (χ3n) is 4.54. The van der Waals surface area contributed by atoms with Gasteiger partial charge in [-0.1, -0.05) is 65.8 Å². The van der Waals surface area contributed by atoms with E-state index in [2.05, 4.69) is 5.16 Å². The van der Waals surface area contributed by atoms with Gasteiger partial charge in [-0.2, -0.15) is 0 Å². The highest BCUT2D eigenvalue weighted by molar-refractivity contribution is 5.90. The molecule has 0 unspecified atom stereocenters. The maximum Gasteiger partial charge on any atom is 0.130 e. The Bertz CT molecular complexity index is 955. The molecule has 0 saturated heterocycles. The van der Waals surface area contributed by atoms with Crippen LogP contribution in [0.5, 0.6) is 17.2 Å². The highest BCUT2D eigenvalue weighted by atomic mass is 16.5. The molecule has 0 amide bonds. The number of hydrogen-bond acceptors (Lipinski definition) is 5. The number of hydrogen-bond donors (Lipinski definition) is 1. The first kappa shape index (κ1) is 17.9. The molecule has 3 aromatic rings. The van der Waals surface area contributed by atoms with Crippen molar-refractivity contribution in [3.05, 3.63) is 89.5 Å². The fourth-order valence-electron chi connectivity index (χ4n) is 3.07. The lowest BCUT2D eigenvalue weighted by Crippen LogP contribution is -2.21. The molecule has 0 spiro atoms. The first-order chi connectivity index (χ1) is 13.8. The quantitative estimate of drug-likeness (QED) is 0.505. The molecule has 0 aliphatic carbocycles. The molecular weight excluding hydrogens is 354 g/mol. The third-order valence-corrected chi connectivity index (χ3v) is 4.54. The van der Waals surface area contributed by atoms with Crippen molar-refractivity contribution in [3.63, 3.8) is 0 Å². The Balaban J connectivity index is 1.57. The molecule has 0 saturated carbocycles. The van der Waals surface area contributed by atoms with Crippen LogP contribution in [0.1, 0.15) is 16.7 Å². The lowest BCUT2D eigenvalue weighted by molar-refractivity contribution is 0.275. The number of nitrogens with zero attached hydrogens (tertiary/aromatic N) is 1. The van der Waals surface area contributed by atoms with Crippen LogP contribution >= 0.6 is 0 Å². The molecule has 3 aromatic carbocycles. The van der Waals surface area contributed by atoms with Gasteiger partial charge in [-0.05, 0) is 11.1 Å². The Morgan fingerprint density at radius 1 is 0.857 bits per heavy atom. The molecule has 142 valence electrons. The summed E-state index contributed by atoms with van der Waals surface area (Å²) in [6, 6.07) is 23.7. The van der Waals surface area contributed by atoms with Gasteiger partial charge >= 0.3 is 0 Å². The van der Waals surface area contributed by atoms with Gasteiger partial charge in [-0.3, -0.25) is 0 Å². The molecule has 1 aliphatic rings. The van der Waals surface area contributed by atoms with Gasteiger partial charge in [0.2, 0.25) is 0 Å². The zero-order valence-electron chi connectivity index (χ0n) is 15.4. The van der Waals surface area contributed by atoms with Crippen molar-refractivity contribution in [2.45, 2.75) is 19.6 Å². The highest BCUT2D eigenvalue weighted by Crippen LogP contribution is 2.37. The van der Waals surface area contributed by atoms with Gasteiger partial charge in [0.05, 0.1) is 5.71 Å². The summed E-state index contributed by atoms with van der Waals surface area (Å²) in [5, 5.41) is 12.4. The Labute approximate surface area is 163 Å². The predicted octanol–water partition coefficient (Wildman–Crippen LogP) is 4.61. The molecular formula is C23H21NO4. The van der Waals surface area contributed by atoms with E-state index in [4.69, 9.17) is 19.4 Å². The van der Waals surface area contributed by atoms with E-state index in [1.807, 2.05) is 72.8 Å². The second-order valence-electron chi connectivity index (χ2n) is 6.58. The summed E-state index contributed by atoms with van der Waals surface area (Å²) < 4.78 is 17.8. The van der Waals surface area contributed by atoms with Gasteiger partial charge < -0.3 is 19.4 Å². The lowest BCUT2D eigenvalue weighted by atomic mass is 10.0. The average Bonchev–Trinajstić information content (AvgIpc) is 2.77. The van der Waals surface area contributed by atoms with Crippen molar-refractivity contribution in [1.29, 1.82) is 0 Å². The van der Waals surface area contributed by atoms with E-state index >= 15 is 0 Å². The van der Waals surface area contributed by atoms with E-state index in [9.17, 15) is 0 Å². The van der Waals surface area contributed by atoms with Crippen molar-refractivity contribution in [3.8, 4) is 17.2 Å². The summed E-state index contributed by atoms with van der Waals surface area (Å²) in [4.78, 5) is 0. The minimum atomic E-state index is 0.254. The predicted molar refractivity (Wildman–Crippen MR) is 106 cm³/mol. The van der Waals surface area contributed by atoms with Crippen LogP contribution in [0.25, 0.3) is 0 Å². The maximum absolute atomic E-state index is 9.12. The molecule has 5 heteroatoms. The first-order valence-electron chi connectivity index (χ1n) is 9.15. The minimum absolute atomic E-state index is 0.254. The van der Waals surface area contributed by atoms with Gasteiger partial charge in [0.25, 0.3) is 0 Å². The fourth-order valence-corrected chi connectivity index (χ4v) is 3.07. The van der Waals surface area contributed by atoms with E-state index in [0.717, 1.165) is 16.7 Å². The minimum Gasteiger partial charge on any atom is -0.489 e. The molecule has 0 aromatic heterocycles. The number of benzene rings is 3. The van der Waals surface area contributed by atoms with Crippen molar-refractivity contribution in [2.75, 3.05) is 6.61 Å². The van der Waals surface area contributed by atoms with E-state index in [1.54, 1.807) is 0 Å². The monoisotopic (exact) mass is 375 g/mol. The fraction of sp³-hybridized carbons (Fsp3) is 0.174. The van der Waals surface area contributed by atoms with Crippen molar-refractivity contribution < 1.29 is 19.4 Å². The number of fused-ring (bicyclic) bond motifs is 1. The Morgan fingerprint density at radius 3 is 2.14 bits per heavy atom. The van der Waals surface area contributed by atoms with Crippen LogP contribution < -0.4 is 14.2 Å². The Hall–Kier alpha value is -3.47. The smallest absolute Gasteiger partial charge is 0.130 e. The highest BCUT2D eigenvalue weighted by Gasteiger charge is 2.22. The molecule has 1 N–H and O–H groups in total. The summed E-state index contributed by atoms with van der Waals surface area (Å²) >= 11 is 0. The summed E-state index contributed by atoms with van der Waals surface area (Å²) in [6.07, 6.45) is 0.481. The molecule has 28 heavy (non-hydrogen) atoms. The first-order valence-corrected chi connectivity index (χ1v) is 9.15. The second-order valence-corrected chi connectivity index (χ2v) is 6.58. The Kier molecular flexibility index (Phi) is 5.43. The summed E-state index contributed by atoms with van der Waals surface area (Å²) in [5.74, 6) is 2.04. The van der Waals surface area contributed by atoms with Crippen LogP contribution in [0.4, 0.5) is 0 Å². The zero-order chi connectivity index (χ0) is 19.2.